The normalized spacial score (nSPS) is 26.4. The fourth-order valence-electron chi connectivity index (χ4n) is 3.65. The van der Waals surface area contributed by atoms with Gasteiger partial charge in [0.2, 0.25) is 0 Å². The lowest BCUT2D eigenvalue weighted by atomic mass is 9.88. The maximum Gasteiger partial charge on any atom is 0.318 e. The van der Waals surface area contributed by atoms with Crippen LogP contribution in [0.1, 0.15) is 78.0 Å². The fraction of sp³-hybridized carbons (Fsp3) is 0.833. The Kier molecular flexibility index (Phi) is 4.79. The Hall–Kier alpha value is -1.63. The number of carbonyl (C=O) groups excluding carboxylic acids is 1. The lowest BCUT2D eigenvalue weighted by Gasteiger charge is -2.41. The van der Waals surface area contributed by atoms with E-state index in [1.165, 1.54) is 0 Å². The Labute approximate surface area is 150 Å². The molecule has 1 fully saturated rings. The average molecular weight is 349 g/mol. The summed E-state index contributed by atoms with van der Waals surface area (Å²) in [5, 5.41) is 11.8. The molecule has 7 heteroatoms. The molecule has 1 aliphatic heterocycles. The topological polar surface area (TPSA) is 72.3 Å². The number of nitrogens with zero attached hydrogens (tertiary/aromatic N) is 4. The van der Waals surface area contributed by atoms with E-state index < -0.39 is 0 Å². The number of ether oxygens (including phenoxy) is 1. The van der Waals surface area contributed by atoms with Gasteiger partial charge in [0.15, 0.2) is 5.82 Å². The smallest absolute Gasteiger partial charge is 0.318 e. The summed E-state index contributed by atoms with van der Waals surface area (Å²) in [7, 11) is 0. The summed E-state index contributed by atoms with van der Waals surface area (Å²) in [5.74, 6) is 2.22. The van der Waals surface area contributed by atoms with E-state index in [1.54, 1.807) is 0 Å². The van der Waals surface area contributed by atoms with E-state index in [0.29, 0.717) is 12.5 Å². The molecule has 1 saturated carbocycles. The number of hydrogen-bond acceptors (Lipinski definition) is 4. The molecular weight excluding hydrogens is 318 g/mol. The van der Waals surface area contributed by atoms with Crippen LogP contribution in [0.5, 0.6) is 0 Å². The summed E-state index contributed by atoms with van der Waals surface area (Å²) in [4.78, 5) is 14.5. The Morgan fingerprint density at radius 3 is 2.52 bits per heavy atom. The highest BCUT2D eigenvalue weighted by Gasteiger charge is 2.37. The molecule has 25 heavy (non-hydrogen) atoms. The predicted molar refractivity (Wildman–Crippen MR) is 95.4 cm³/mol. The summed E-state index contributed by atoms with van der Waals surface area (Å²) in [6.45, 7) is 13.9. The van der Waals surface area contributed by atoms with Gasteiger partial charge in [-0.2, -0.15) is 0 Å². The third-order valence-corrected chi connectivity index (χ3v) is 4.93. The molecule has 0 bridgehead atoms. The molecule has 140 valence electrons. The van der Waals surface area contributed by atoms with Gasteiger partial charge in [-0.05, 0) is 40.5 Å². The number of amides is 2. The molecule has 0 aromatic carbocycles. The minimum Gasteiger partial charge on any atom is -0.372 e. The quantitative estimate of drug-likeness (QED) is 0.911. The van der Waals surface area contributed by atoms with Crippen LogP contribution in [0.3, 0.4) is 0 Å². The molecule has 2 heterocycles. The van der Waals surface area contributed by atoms with E-state index in [0.717, 1.165) is 31.0 Å². The van der Waals surface area contributed by atoms with Crippen molar-refractivity contribution in [2.45, 2.75) is 90.6 Å². The molecular formula is C18H31N5O2. The number of rotatable bonds is 3. The zero-order chi connectivity index (χ0) is 18.4. The van der Waals surface area contributed by atoms with Gasteiger partial charge in [0.25, 0.3) is 0 Å². The van der Waals surface area contributed by atoms with Gasteiger partial charge in [0, 0.05) is 25.0 Å². The third kappa shape index (κ3) is 3.81. The first-order valence-corrected chi connectivity index (χ1v) is 9.33. The van der Waals surface area contributed by atoms with Crippen LogP contribution >= 0.6 is 0 Å². The highest BCUT2D eigenvalue weighted by Crippen LogP contribution is 2.30. The van der Waals surface area contributed by atoms with E-state index in [-0.39, 0.29) is 29.8 Å². The molecule has 0 radical (unpaired) electrons. The first-order valence-electron chi connectivity index (χ1n) is 9.33. The van der Waals surface area contributed by atoms with E-state index in [4.69, 9.17) is 4.74 Å². The van der Waals surface area contributed by atoms with Gasteiger partial charge in [-0.15, -0.1) is 10.2 Å². The zero-order valence-corrected chi connectivity index (χ0v) is 16.2. The molecule has 0 saturated heterocycles. The number of fused-ring (bicyclic) bond motifs is 1. The Morgan fingerprint density at radius 1 is 1.24 bits per heavy atom. The molecule has 0 spiro atoms. The predicted octanol–water partition coefficient (Wildman–Crippen LogP) is 2.83. The van der Waals surface area contributed by atoms with Gasteiger partial charge >= 0.3 is 6.03 Å². The molecule has 1 atom stereocenters. The van der Waals surface area contributed by atoms with Crippen LogP contribution < -0.4 is 5.32 Å². The number of nitrogens with one attached hydrogen (secondary N) is 1. The summed E-state index contributed by atoms with van der Waals surface area (Å²) in [6.07, 6.45) is 2.03. The number of hydrogen-bond donors (Lipinski definition) is 1. The lowest BCUT2D eigenvalue weighted by molar-refractivity contribution is -0.101. The molecule has 7 nitrogen and oxygen atoms in total. The standard InChI is InChI=1S/C18H31N5O2/c1-11(2)15-20-21-16-12(3)22(7-8-23(15)16)17(24)19-13-9-14(10-13)25-18(4,5)6/h11-14H,7-10H2,1-6H3,(H,19,24). The SMILES string of the molecule is CC(C)c1nnc2n1CCN(C(=O)NC1CC(OC(C)(C)C)C1)C2C. The van der Waals surface area contributed by atoms with Crippen LogP contribution in [0.15, 0.2) is 0 Å². The first-order chi connectivity index (χ1) is 11.7. The third-order valence-electron chi connectivity index (χ3n) is 4.93. The van der Waals surface area contributed by atoms with Crippen molar-refractivity contribution in [2.75, 3.05) is 6.54 Å². The molecule has 1 aromatic heterocycles. The van der Waals surface area contributed by atoms with Crippen molar-refractivity contribution >= 4 is 6.03 Å². The summed E-state index contributed by atoms with van der Waals surface area (Å²) in [6, 6.07) is 0.139. The molecule has 2 aliphatic rings. The second kappa shape index (κ2) is 6.59. The van der Waals surface area contributed by atoms with Crippen LogP contribution in [0.25, 0.3) is 0 Å². The maximum absolute atomic E-state index is 12.7. The average Bonchev–Trinajstić information content (AvgIpc) is 2.88. The number of urea groups is 1. The van der Waals surface area contributed by atoms with Gasteiger partial charge in [0.1, 0.15) is 5.82 Å². The number of aromatic nitrogens is 3. The highest BCUT2D eigenvalue weighted by atomic mass is 16.5. The Morgan fingerprint density at radius 2 is 1.92 bits per heavy atom. The van der Waals surface area contributed by atoms with Crippen molar-refractivity contribution in [3.05, 3.63) is 11.6 Å². The maximum atomic E-state index is 12.7. The second-order valence-electron chi connectivity index (χ2n) is 8.56. The van der Waals surface area contributed by atoms with E-state index in [2.05, 4.69) is 54.7 Å². The molecule has 1 unspecified atom stereocenters. The van der Waals surface area contributed by atoms with Crippen LogP contribution in [0.2, 0.25) is 0 Å². The Balaban J connectivity index is 1.56. The fourth-order valence-corrected chi connectivity index (χ4v) is 3.65. The van der Waals surface area contributed by atoms with Gasteiger partial charge in [-0.1, -0.05) is 13.8 Å². The monoisotopic (exact) mass is 349 g/mol. The van der Waals surface area contributed by atoms with Crippen LogP contribution in [0.4, 0.5) is 4.79 Å². The van der Waals surface area contributed by atoms with Crippen LogP contribution in [0, 0.1) is 0 Å². The van der Waals surface area contributed by atoms with Gasteiger partial charge < -0.3 is 19.5 Å². The molecule has 1 N–H and O–H groups in total. The first kappa shape index (κ1) is 18.2. The minimum atomic E-state index is -0.126. The molecule has 1 aromatic rings. The highest BCUT2D eigenvalue weighted by molar-refractivity contribution is 5.75. The second-order valence-corrected chi connectivity index (χ2v) is 8.56. The van der Waals surface area contributed by atoms with E-state index >= 15 is 0 Å². The Bertz CT molecular complexity index is 628. The van der Waals surface area contributed by atoms with Gasteiger partial charge in [0.05, 0.1) is 17.7 Å². The van der Waals surface area contributed by atoms with E-state index in [1.807, 2.05) is 11.8 Å². The van der Waals surface area contributed by atoms with Crippen molar-refractivity contribution in [3.8, 4) is 0 Å². The summed E-state index contributed by atoms with van der Waals surface area (Å²) < 4.78 is 8.10. The van der Waals surface area contributed by atoms with Crippen molar-refractivity contribution in [2.24, 2.45) is 0 Å². The molecule has 1 aliphatic carbocycles. The van der Waals surface area contributed by atoms with E-state index in [9.17, 15) is 4.79 Å². The number of carbonyl (C=O) groups is 1. The minimum absolute atomic E-state index is 0.00736. The van der Waals surface area contributed by atoms with Crippen molar-refractivity contribution in [3.63, 3.8) is 0 Å². The van der Waals surface area contributed by atoms with Crippen LogP contribution in [-0.4, -0.2) is 50.0 Å². The van der Waals surface area contributed by atoms with Crippen molar-refractivity contribution in [1.29, 1.82) is 0 Å². The summed E-state index contributed by atoms with van der Waals surface area (Å²) >= 11 is 0. The van der Waals surface area contributed by atoms with Crippen molar-refractivity contribution < 1.29 is 9.53 Å². The van der Waals surface area contributed by atoms with Gasteiger partial charge in [-0.25, -0.2) is 4.79 Å². The molecule has 3 rings (SSSR count). The van der Waals surface area contributed by atoms with Crippen LogP contribution in [-0.2, 0) is 11.3 Å². The van der Waals surface area contributed by atoms with Crippen molar-refractivity contribution in [1.82, 2.24) is 25.0 Å². The molecule has 2 amide bonds. The largest absolute Gasteiger partial charge is 0.372 e. The zero-order valence-electron chi connectivity index (χ0n) is 16.2. The summed E-state index contributed by atoms with van der Waals surface area (Å²) in [5.41, 5.74) is -0.126. The van der Waals surface area contributed by atoms with Gasteiger partial charge in [-0.3, -0.25) is 0 Å². The lowest BCUT2D eigenvalue weighted by Crippen LogP contribution is -2.54.